The van der Waals surface area contributed by atoms with Crippen LogP contribution in [0.1, 0.15) is 12.8 Å². The van der Waals surface area contributed by atoms with E-state index in [-0.39, 0.29) is 5.48 Å². The van der Waals surface area contributed by atoms with Gasteiger partial charge in [0, 0.05) is 0 Å². The van der Waals surface area contributed by atoms with Gasteiger partial charge in [0.1, 0.15) is 0 Å². The van der Waals surface area contributed by atoms with Crippen LogP contribution in [0, 0.1) is 0 Å². The topological polar surface area (TPSA) is 31.5 Å². The van der Waals surface area contributed by atoms with Gasteiger partial charge in [0.15, 0.2) is 0 Å². The van der Waals surface area contributed by atoms with Crippen molar-refractivity contribution in [1.29, 1.82) is 0 Å². The zero-order chi connectivity index (χ0) is 2.99. The van der Waals surface area contributed by atoms with Crippen molar-refractivity contribution >= 4 is 22.5 Å². The van der Waals surface area contributed by atoms with E-state index in [1.807, 2.05) is 0 Å². The molecule has 0 spiro atoms. The summed E-state index contributed by atoms with van der Waals surface area (Å²) in [5.41, 5.74) is 0. The van der Waals surface area contributed by atoms with E-state index in [0.717, 1.165) is 0 Å². The van der Waals surface area contributed by atoms with Crippen LogP contribution in [0.3, 0.4) is 0 Å². The van der Waals surface area contributed by atoms with Crippen LogP contribution < -0.4 is 0 Å². The molecule has 1 aliphatic carbocycles. The molecule has 0 amide bonds. The molecular formula is C3H7OSn. The van der Waals surface area contributed by atoms with Crippen LogP contribution in [-0.2, 0) is 0 Å². The van der Waals surface area contributed by atoms with Crippen molar-refractivity contribution in [1.82, 2.24) is 0 Å². The third-order valence-corrected chi connectivity index (χ3v) is 2.23. The average molecular weight is 178 g/mol. The van der Waals surface area contributed by atoms with Crippen LogP contribution in [0.15, 0.2) is 0 Å². The fraction of sp³-hybridized carbons (Fsp3) is 1.00. The molecule has 0 aromatic rings. The molecule has 0 saturated heterocycles. The molecule has 0 heterocycles. The monoisotopic (exact) mass is 179 g/mol. The van der Waals surface area contributed by atoms with Crippen molar-refractivity contribution in [3.8, 4) is 0 Å². The average Bonchev–Trinajstić information content (AvgIpc) is 1.75. The quantitative estimate of drug-likeness (QED) is 0.464. The molecule has 1 rings (SSSR count). The summed E-state index contributed by atoms with van der Waals surface area (Å²) in [5.74, 6) is 0. The predicted octanol–water partition coefficient (Wildman–Crippen LogP) is -0.0875. The fourth-order valence-corrected chi connectivity index (χ4v) is 0.559. The van der Waals surface area contributed by atoms with Gasteiger partial charge in [0.25, 0.3) is 0 Å². The van der Waals surface area contributed by atoms with Gasteiger partial charge < -0.3 is 5.48 Å². The first-order valence-corrected chi connectivity index (χ1v) is 3.25. The zero-order valence-corrected chi connectivity index (χ0v) is 5.85. The molecule has 0 atom stereocenters. The van der Waals surface area contributed by atoms with Crippen molar-refractivity contribution in [3.05, 3.63) is 0 Å². The molecule has 3 radical (unpaired) electrons. The van der Waals surface area contributed by atoms with Crippen LogP contribution in [-0.4, -0.2) is 28.0 Å². The molecule has 0 unspecified atom stereocenters. The van der Waals surface area contributed by atoms with Gasteiger partial charge in [-0.2, -0.15) is 0 Å². The van der Waals surface area contributed by atoms with Gasteiger partial charge in [-0.05, 0) is 0 Å². The van der Waals surface area contributed by atoms with E-state index in [4.69, 9.17) is 0 Å². The van der Waals surface area contributed by atoms with E-state index in [2.05, 4.69) is 0 Å². The summed E-state index contributed by atoms with van der Waals surface area (Å²) in [7, 11) is 0. The summed E-state index contributed by atoms with van der Waals surface area (Å²) in [5, 5.41) is 0. The van der Waals surface area contributed by atoms with Crippen LogP contribution in [0.4, 0.5) is 0 Å². The Morgan fingerprint density at radius 2 is 1.60 bits per heavy atom. The number of hydrogen-bond donors (Lipinski definition) is 0. The molecule has 29 valence electrons. The SMILES string of the molecule is O.[Sn][CH]1CC1. The Bertz CT molecular complexity index is 26.1. The fourth-order valence-electron chi connectivity index (χ4n) is 0.0833. The van der Waals surface area contributed by atoms with E-state index in [9.17, 15) is 0 Å². The Morgan fingerprint density at radius 1 is 1.40 bits per heavy atom. The Balaban J connectivity index is 0.000000160. The van der Waals surface area contributed by atoms with Crippen LogP contribution >= 0.6 is 0 Å². The zero-order valence-electron chi connectivity index (χ0n) is 2.99. The summed E-state index contributed by atoms with van der Waals surface area (Å²) in [6.45, 7) is 0. The molecule has 1 fully saturated rings. The van der Waals surface area contributed by atoms with Crippen molar-refractivity contribution in [2.24, 2.45) is 0 Å². The van der Waals surface area contributed by atoms with Crippen molar-refractivity contribution in [2.45, 2.75) is 16.8 Å². The van der Waals surface area contributed by atoms with Crippen LogP contribution in [0.2, 0.25) is 3.93 Å². The van der Waals surface area contributed by atoms with E-state index in [1.54, 1.807) is 22.5 Å². The summed E-state index contributed by atoms with van der Waals surface area (Å²) in [6.07, 6.45) is 3.05. The number of rotatable bonds is 0. The first kappa shape index (κ1) is 5.76. The molecule has 1 saturated carbocycles. The summed E-state index contributed by atoms with van der Waals surface area (Å²) < 4.78 is 1.17. The molecule has 2 heteroatoms. The first-order valence-electron chi connectivity index (χ1n) is 1.61. The Hall–Kier alpha value is 0.759. The molecule has 5 heavy (non-hydrogen) atoms. The molecule has 1 aliphatic rings. The molecule has 0 aromatic heterocycles. The minimum atomic E-state index is 0. The number of hydrogen-bond acceptors (Lipinski definition) is 0. The summed E-state index contributed by atoms with van der Waals surface area (Å²) in [6, 6.07) is 0. The van der Waals surface area contributed by atoms with Gasteiger partial charge in [0.05, 0.1) is 0 Å². The normalized spacial score (nSPS) is 21.0. The second-order valence-electron chi connectivity index (χ2n) is 1.27. The van der Waals surface area contributed by atoms with Crippen molar-refractivity contribution in [3.63, 3.8) is 0 Å². The van der Waals surface area contributed by atoms with Gasteiger partial charge in [-0.15, -0.1) is 0 Å². The Labute approximate surface area is 45.2 Å². The second-order valence-corrected chi connectivity index (χ2v) is 3.60. The van der Waals surface area contributed by atoms with E-state index >= 15 is 0 Å². The Morgan fingerprint density at radius 3 is 1.60 bits per heavy atom. The first-order chi connectivity index (χ1) is 1.89. The molecule has 1 nitrogen and oxygen atoms in total. The molecular weight excluding hydrogens is 171 g/mol. The van der Waals surface area contributed by atoms with Crippen molar-refractivity contribution in [2.75, 3.05) is 0 Å². The van der Waals surface area contributed by atoms with E-state index in [0.29, 0.717) is 0 Å². The van der Waals surface area contributed by atoms with Crippen LogP contribution in [0.5, 0.6) is 0 Å². The van der Waals surface area contributed by atoms with Gasteiger partial charge in [-0.25, -0.2) is 0 Å². The maximum atomic E-state index is 1.75. The van der Waals surface area contributed by atoms with Crippen LogP contribution in [0.25, 0.3) is 0 Å². The van der Waals surface area contributed by atoms with Gasteiger partial charge >= 0.3 is 39.3 Å². The van der Waals surface area contributed by atoms with E-state index in [1.165, 1.54) is 16.8 Å². The van der Waals surface area contributed by atoms with E-state index < -0.39 is 0 Å². The molecule has 0 bridgehead atoms. The minimum absolute atomic E-state index is 0. The predicted molar refractivity (Wildman–Crippen MR) is 22.4 cm³/mol. The Kier molecular flexibility index (Phi) is 2.33. The van der Waals surface area contributed by atoms with Gasteiger partial charge in [-0.1, -0.05) is 0 Å². The van der Waals surface area contributed by atoms with Crippen molar-refractivity contribution < 1.29 is 5.48 Å². The standard InChI is InChI=1S/C3H5.H2O.Sn/c1-2-3-1;;/h1H,2-3H2;1H2;. The molecule has 0 aromatic carbocycles. The maximum absolute atomic E-state index is 1.75. The second kappa shape index (κ2) is 2.03. The summed E-state index contributed by atoms with van der Waals surface area (Å²) >= 11 is 1.75. The third kappa shape index (κ3) is 2.56. The molecule has 0 aliphatic heterocycles. The summed E-state index contributed by atoms with van der Waals surface area (Å²) in [4.78, 5) is 0. The third-order valence-electron chi connectivity index (χ3n) is 0.577. The molecule has 2 N–H and O–H groups in total. The van der Waals surface area contributed by atoms with Gasteiger partial charge in [-0.3, -0.25) is 0 Å². The van der Waals surface area contributed by atoms with Gasteiger partial charge in [0.2, 0.25) is 0 Å².